The van der Waals surface area contributed by atoms with Gasteiger partial charge in [0.05, 0.1) is 22.4 Å². The molecular weight excluding hydrogens is 387 g/mol. The monoisotopic (exact) mass is 400 g/mol. The lowest BCUT2D eigenvalue weighted by atomic mass is 9.85. The largest absolute Gasteiger partial charge is 0.366 e. The predicted octanol–water partition coefficient (Wildman–Crippen LogP) is 4.12. The maximum Gasteiger partial charge on any atom is 0.231 e. The third kappa shape index (κ3) is 2.83. The van der Waals surface area contributed by atoms with Gasteiger partial charge in [-0.15, -0.1) is 11.8 Å². The van der Waals surface area contributed by atoms with Gasteiger partial charge in [0.2, 0.25) is 5.91 Å². The van der Waals surface area contributed by atoms with E-state index < -0.39 is 17.5 Å². The maximum absolute atomic E-state index is 14.3. The quantitative estimate of drug-likeness (QED) is 0.823. The van der Waals surface area contributed by atoms with E-state index in [1.165, 1.54) is 22.7 Å². The second kappa shape index (κ2) is 6.68. The number of rotatable bonds is 2. The molecule has 0 radical (unpaired) electrons. The summed E-state index contributed by atoms with van der Waals surface area (Å²) in [7, 11) is 0. The topological polar surface area (TPSA) is 64.3 Å². The van der Waals surface area contributed by atoms with Crippen LogP contribution in [0.5, 0.6) is 0 Å². The summed E-state index contributed by atoms with van der Waals surface area (Å²) in [6, 6.07) is 14.9. The third-order valence-electron chi connectivity index (χ3n) is 4.90. The number of hydrogen-bond donors (Lipinski definition) is 1. The number of benzene rings is 2. The van der Waals surface area contributed by atoms with Gasteiger partial charge < -0.3 is 5.11 Å². The molecule has 2 aliphatic rings. The van der Waals surface area contributed by atoms with Crippen LogP contribution in [0.2, 0.25) is 5.02 Å². The molecule has 0 aromatic heterocycles. The first-order valence-corrected chi connectivity index (χ1v) is 9.65. The van der Waals surface area contributed by atoms with Gasteiger partial charge in [0, 0.05) is 22.9 Å². The second-order valence-electron chi connectivity index (χ2n) is 6.45. The molecule has 1 N–H and O–H groups in total. The number of nitrogens with zero attached hydrogens (tertiary/aromatic N) is 2. The summed E-state index contributed by atoms with van der Waals surface area (Å²) in [6.45, 7) is 0. The number of carbonyl (C=O) groups is 1. The number of amides is 1. The van der Waals surface area contributed by atoms with Gasteiger partial charge in [0.1, 0.15) is 5.82 Å². The molecule has 0 spiro atoms. The molecular formula is C20H14ClFN2O2S. The molecule has 2 aliphatic heterocycles. The smallest absolute Gasteiger partial charge is 0.231 e. The summed E-state index contributed by atoms with van der Waals surface area (Å²) in [5, 5.41) is 21.9. The average Bonchev–Trinajstić information content (AvgIpc) is 3.02. The summed E-state index contributed by atoms with van der Waals surface area (Å²) in [4.78, 5) is 14.2. The Hall–Kier alpha value is -2.33. The van der Waals surface area contributed by atoms with Crippen molar-refractivity contribution in [3.05, 3.63) is 81.1 Å². The number of carbonyl (C=O) groups excluding carboxylic acids is 1. The highest BCUT2D eigenvalue weighted by molar-refractivity contribution is 8.03. The van der Waals surface area contributed by atoms with Crippen LogP contribution in [0.4, 0.5) is 4.39 Å². The van der Waals surface area contributed by atoms with Gasteiger partial charge in [0.25, 0.3) is 0 Å². The number of nitriles is 1. The van der Waals surface area contributed by atoms with Crippen LogP contribution in [0, 0.1) is 17.1 Å². The molecule has 0 saturated carbocycles. The van der Waals surface area contributed by atoms with Gasteiger partial charge in [-0.2, -0.15) is 5.26 Å². The van der Waals surface area contributed by atoms with Crippen LogP contribution in [0.15, 0.2) is 59.1 Å². The molecule has 2 atom stereocenters. The summed E-state index contributed by atoms with van der Waals surface area (Å²) < 4.78 is 14.3. The maximum atomic E-state index is 14.3. The number of fused-ring (bicyclic) bond motifs is 1. The third-order valence-corrected chi connectivity index (χ3v) is 6.37. The van der Waals surface area contributed by atoms with Crippen molar-refractivity contribution in [3.8, 4) is 6.07 Å². The summed E-state index contributed by atoms with van der Waals surface area (Å²) in [6.07, 6.45) is -0.0796. The Labute approximate surface area is 164 Å². The molecule has 1 fully saturated rings. The van der Waals surface area contributed by atoms with Crippen molar-refractivity contribution in [1.82, 2.24) is 4.90 Å². The average molecular weight is 401 g/mol. The lowest BCUT2D eigenvalue weighted by Gasteiger charge is -2.38. The molecule has 2 aromatic rings. The van der Waals surface area contributed by atoms with Crippen molar-refractivity contribution in [2.75, 3.05) is 5.75 Å². The zero-order chi connectivity index (χ0) is 19.2. The number of hydrogen-bond acceptors (Lipinski definition) is 4. The lowest BCUT2D eigenvalue weighted by Crippen LogP contribution is -2.48. The minimum absolute atomic E-state index is 0.0796. The highest BCUT2D eigenvalue weighted by Gasteiger charge is 2.52. The number of halogens is 2. The fraction of sp³-hybridized carbons (Fsp3) is 0.200. The molecule has 7 heteroatoms. The standard InChI is InChI=1S/C20H14ClFN2O2S/c21-13-7-5-12(6-8-13)20(26)11-27-19-16(10-23)15(9-18(25)24(19)20)14-3-1-2-4-17(14)22/h1-8,15,26H,9,11H2/t15-,20+/m0/s1. The van der Waals surface area contributed by atoms with Crippen molar-refractivity contribution >= 4 is 29.3 Å². The highest BCUT2D eigenvalue weighted by Crippen LogP contribution is 2.51. The minimum Gasteiger partial charge on any atom is -0.366 e. The first-order valence-electron chi connectivity index (χ1n) is 8.28. The van der Waals surface area contributed by atoms with E-state index in [0.717, 1.165) is 0 Å². The Bertz CT molecular complexity index is 1000. The Morgan fingerprint density at radius 3 is 2.63 bits per heavy atom. The summed E-state index contributed by atoms with van der Waals surface area (Å²) >= 11 is 7.15. The Balaban J connectivity index is 1.83. The van der Waals surface area contributed by atoms with Crippen molar-refractivity contribution in [3.63, 3.8) is 0 Å². The van der Waals surface area contributed by atoms with Crippen LogP contribution in [-0.4, -0.2) is 21.7 Å². The molecule has 0 aliphatic carbocycles. The SMILES string of the molecule is N#CC1=C2SC[C@@](O)(c3ccc(Cl)cc3)N2C(=O)C[C@H]1c1ccccc1F. The lowest BCUT2D eigenvalue weighted by molar-refractivity contribution is -0.149. The van der Waals surface area contributed by atoms with E-state index in [0.29, 0.717) is 26.8 Å². The predicted molar refractivity (Wildman–Crippen MR) is 101 cm³/mol. The van der Waals surface area contributed by atoms with Gasteiger partial charge in [-0.25, -0.2) is 4.39 Å². The van der Waals surface area contributed by atoms with E-state index in [-0.39, 0.29) is 18.1 Å². The molecule has 4 rings (SSSR count). The van der Waals surface area contributed by atoms with E-state index in [4.69, 9.17) is 11.6 Å². The molecule has 0 unspecified atom stereocenters. The van der Waals surface area contributed by atoms with Gasteiger partial charge >= 0.3 is 0 Å². The fourth-order valence-electron chi connectivity index (χ4n) is 3.58. The van der Waals surface area contributed by atoms with Crippen LogP contribution >= 0.6 is 23.4 Å². The van der Waals surface area contributed by atoms with Gasteiger partial charge in [0.15, 0.2) is 5.72 Å². The molecule has 136 valence electrons. The first kappa shape index (κ1) is 18.1. The van der Waals surface area contributed by atoms with Crippen molar-refractivity contribution < 1.29 is 14.3 Å². The molecule has 0 bridgehead atoms. The highest BCUT2D eigenvalue weighted by atomic mass is 35.5. The summed E-state index contributed by atoms with van der Waals surface area (Å²) in [5.41, 5.74) is -0.430. The Kier molecular flexibility index (Phi) is 4.47. The zero-order valence-electron chi connectivity index (χ0n) is 14.0. The molecule has 2 heterocycles. The molecule has 27 heavy (non-hydrogen) atoms. The van der Waals surface area contributed by atoms with E-state index in [1.807, 2.05) is 0 Å². The fourth-order valence-corrected chi connectivity index (χ4v) is 5.06. The van der Waals surface area contributed by atoms with Crippen molar-refractivity contribution in [1.29, 1.82) is 5.26 Å². The molecule has 2 aromatic carbocycles. The molecule has 1 amide bonds. The van der Waals surface area contributed by atoms with Crippen LogP contribution in [-0.2, 0) is 10.5 Å². The Morgan fingerprint density at radius 1 is 1.26 bits per heavy atom. The molecule has 4 nitrogen and oxygen atoms in total. The minimum atomic E-state index is -1.57. The summed E-state index contributed by atoms with van der Waals surface area (Å²) in [5.74, 6) is -1.27. The Morgan fingerprint density at radius 2 is 1.96 bits per heavy atom. The van der Waals surface area contributed by atoms with Crippen molar-refractivity contribution in [2.45, 2.75) is 18.1 Å². The van der Waals surface area contributed by atoms with Crippen LogP contribution in [0.3, 0.4) is 0 Å². The van der Waals surface area contributed by atoms with Gasteiger partial charge in [-0.1, -0.05) is 41.9 Å². The number of allylic oxidation sites excluding steroid dienone is 1. The van der Waals surface area contributed by atoms with E-state index in [1.54, 1.807) is 42.5 Å². The van der Waals surface area contributed by atoms with E-state index >= 15 is 0 Å². The van der Waals surface area contributed by atoms with Gasteiger partial charge in [-0.05, 0) is 23.8 Å². The van der Waals surface area contributed by atoms with Crippen LogP contribution in [0.1, 0.15) is 23.5 Å². The number of thioether (sulfide) groups is 1. The zero-order valence-corrected chi connectivity index (χ0v) is 15.6. The molecule has 1 saturated heterocycles. The van der Waals surface area contributed by atoms with Crippen LogP contribution in [0.25, 0.3) is 0 Å². The van der Waals surface area contributed by atoms with E-state index in [9.17, 15) is 19.6 Å². The normalized spacial score (nSPS) is 24.7. The van der Waals surface area contributed by atoms with Crippen LogP contribution < -0.4 is 0 Å². The van der Waals surface area contributed by atoms with Crippen molar-refractivity contribution in [2.24, 2.45) is 0 Å². The first-order chi connectivity index (χ1) is 13.0. The second-order valence-corrected chi connectivity index (χ2v) is 7.85. The van der Waals surface area contributed by atoms with Gasteiger partial charge in [-0.3, -0.25) is 9.69 Å². The van der Waals surface area contributed by atoms with E-state index in [2.05, 4.69) is 6.07 Å². The number of aliphatic hydroxyl groups is 1.